The average molecular weight is 694 g/mol. The maximum atomic E-state index is 6.53. The summed E-state index contributed by atoms with van der Waals surface area (Å²) in [5, 5.41) is 2.18. The molecule has 4 heteroatoms. The molecule has 0 N–H and O–H groups in total. The van der Waals surface area contributed by atoms with Crippen LogP contribution in [0.5, 0.6) is 0 Å². The highest BCUT2D eigenvalue weighted by Crippen LogP contribution is 2.52. The standard InChI is InChI=1S/C50H35N3O/c1-3-11-31(12-4-1)33-15-9-16-36(27-33)48-51-49(37-23-25-40-35-22-21-34(28-35)39-17-7-8-18-42(39)44(40)29-37)53-50(52-48)38-24-26-43-46(30-38)54-45-20-10-19-41(47(43)45)32-13-5-2-6-14-32/h1-20,23-27,29-30,34-35H,21-22,28H2/t34?,35-/m0/s1. The predicted molar refractivity (Wildman–Crippen MR) is 219 cm³/mol. The van der Waals surface area contributed by atoms with E-state index in [4.69, 9.17) is 19.4 Å². The lowest BCUT2D eigenvalue weighted by Crippen LogP contribution is -2.02. The van der Waals surface area contributed by atoms with Crippen LogP contribution in [-0.2, 0) is 0 Å². The molecule has 11 rings (SSSR count). The van der Waals surface area contributed by atoms with Gasteiger partial charge in [-0.2, -0.15) is 0 Å². The second-order valence-corrected chi connectivity index (χ2v) is 14.7. The SMILES string of the molecule is c1ccc(-c2cccc(-c3nc(-c4ccc5c(c4)-c4ccccc4C4CC[C@H]5C4)nc(-c4ccc5c(c4)oc4cccc(-c6ccccc6)c45)n3)c2)cc1. The fraction of sp³-hybridized carbons (Fsp3) is 0.100. The molecule has 256 valence electrons. The lowest BCUT2D eigenvalue weighted by Gasteiger charge is -2.18. The fourth-order valence-electron chi connectivity index (χ4n) is 8.98. The van der Waals surface area contributed by atoms with Crippen molar-refractivity contribution in [1.82, 2.24) is 15.0 Å². The van der Waals surface area contributed by atoms with Gasteiger partial charge in [-0.25, -0.2) is 15.0 Å². The molecule has 2 bridgehead atoms. The van der Waals surface area contributed by atoms with Crippen LogP contribution in [0.15, 0.2) is 168 Å². The Labute approximate surface area is 313 Å². The van der Waals surface area contributed by atoms with Gasteiger partial charge in [0.15, 0.2) is 17.5 Å². The summed E-state index contributed by atoms with van der Waals surface area (Å²) in [5.41, 5.74) is 14.6. The van der Waals surface area contributed by atoms with Crippen molar-refractivity contribution in [2.24, 2.45) is 0 Å². The van der Waals surface area contributed by atoms with Crippen molar-refractivity contribution in [1.29, 1.82) is 0 Å². The fourth-order valence-corrected chi connectivity index (χ4v) is 8.98. The average Bonchev–Trinajstić information content (AvgIpc) is 3.86. The summed E-state index contributed by atoms with van der Waals surface area (Å²) in [6, 6.07) is 57.9. The molecule has 2 aliphatic rings. The highest BCUT2D eigenvalue weighted by Gasteiger charge is 2.34. The van der Waals surface area contributed by atoms with Crippen molar-refractivity contribution in [2.45, 2.75) is 31.1 Å². The van der Waals surface area contributed by atoms with Crippen LogP contribution in [0.1, 0.15) is 42.2 Å². The Morgan fingerprint density at radius 3 is 1.74 bits per heavy atom. The third-order valence-electron chi connectivity index (χ3n) is 11.6. The molecule has 9 aromatic rings. The van der Waals surface area contributed by atoms with Gasteiger partial charge in [-0.05, 0) is 106 Å². The van der Waals surface area contributed by atoms with Gasteiger partial charge in [-0.15, -0.1) is 0 Å². The molecular formula is C50H35N3O. The largest absolute Gasteiger partial charge is 0.456 e. The molecule has 2 aromatic heterocycles. The molecule has 2 heterocycles. The first-order chi connectivity index (χ1) is 26.7. The number of nitrogens with zero attached hydrogens (tertiary/aromatic N) is 3. The predicted octanol–water partition coefficient (Wildman–Crippen LogP) is 13.1. The summed E-state index contributed by atoms with van der Waals surface area (Å²) < 4.78 is 6.53. The highest BCUT2D eigenvalue weighted by molar-refractivity contribution is 6.13. The molecule has 0 saturated heterocycles. The van der Waals surface area contributed by atoms with E-state index >= 15 is 0 Å². The van der Waals surface area contributed by atoms with Crippen molar-refractivity contribution < 1.29 is 4.42 Å². The van der Waals surface area contributed by atoms with Crippen LogP contribution in [0, 0.1) is 0 Å². The number of rotatable bonds is 5. The second-order valence-electron chi connectivity index (χ2n) is 14.7. The number of hydrogen-bond donors (Lipinski definition) is 0. The summed E-state index contributed by atoms with van der Waals surface area (Å²) in [7, 11) is 0. The van der Waals surface area contributed by atoms with Gasteiger partial charge in [0.1, 0.15) is 11.2 Å². The number of aromatic nitrogens is 3. The molecule has 0 aliphatic heterocycles. The second kappa shape index (κ2) is 12.5. The molecule has 0 amide bonds. The van der Waals surface area contributed by atoms with Gasteiger partial charge in [0.25, 0.3) is 0 Å². The minimum atomic E-state index is 0.578. The van der Waals surface area contributed by atoms with E-state index in [1.807, 2.05) is 18.2 Å². The number of hydrogen-bond acceptors (Lipinski definition) is 4. The van der Waals surface area contributed by atoms with Gasteiger partial charge in [0.2, 0.25) is 0 Å². The Morgan fingerprint density at radius 2 is 0.963 bits per heavy atom. The van der Waals surface area contributed by atoms with E-state index in [0.29, 0.717) is 29.3 Å². The van der Waals surface area contributed by atoms with Crippen LogP contribution in [0.2, 0.25) is 0 Å². The first-order valence-electron chi connectivity index (χ1n) is 18.9. The summed E-state index contributed by atoms with van der Waals surface area (Å²) >= 11 is 0. The van der Waals surface area contributed by atoms with Crippen molar-refractivity contribution in [3.8, 4) is 67.5 Å². The third kappa shape index (κ3) is 5.17. The maximum Gasteiger partial charge on any atom is 0.164 e. The van der Waals surface area contributed by atoms with Gasteiger partial charge in [-0.1, -0.05) is 133 Å². The topological polar surface area (TPSA) is 51.8 Å². The van der Waals surface area contributed by atoms with Crippen LogP contribution in [0.4, 0.5) is 0 Å². The molecule has 2 atom stereocenters. The molecule has 0 spiro atoms. The van der Waals surface area contributed by atoms with Gasteiger partial charge in [-0.3, -0.25) is 0 Å². The molecule has 4 nitrogen and oxygen atoms in total. The van der Waals surface area contributed by atoms with E-state index in [9.17, 15) is 0 Å². The summed E-state index contributed by atoms with van der Waals surface area (Å²) in [4.78, 5) is 15.6. The Balaban J connectivity index is 1.09. The van der Waals surface area contributed by atoms with E-state index < -0.39 is 0 Å². The Hall–Kier alpha value is -6.65. The Kier molecular flexibility index (Phi) is 7.16. The Bertz CT molecular complexity index is 2880. The van der Waals surface area contributed by atoms with Crippen LogP contribution < -0.4 is 0 Å². The minimum absolute atomic E-state index is 0.578. The normalized spacial score (nSPS) is 15.9. The van der Waals surface area contributed by atoms with Gasteiger partial charge in [0, 0.05) is 27.5 Å². The van der Waals surface area contributed by atoms with Crippen LogP contribution in [-0.4, -0.2) is 15.0 Å². The molecule has 54 heavy (non-hydrogen) atoms. The number of fused-ring (bicyclic) bond motifs is 10. The maximum absolute atomic E-state index is 6.53. The molecule has 1 fully saturated rings. The van der Waals surface area contributed by atoms with E-state index in [2.05, 4.69) is 146 Å². The zero-order valence-corrected chi connectivity index (χ0v) is 29.6. The zero-order valence-electron chi connectivity index (χ0n) is 29.6. The molecular weight excluding hydrogens is 659 g/mol. The Morgan fingerprint density at radius 1 is 0.389 bits per heavy atom. The smallest absolute Gasteiger partial charge is 0.164 e. The van der Waals surface area contributed by atoms with E-state index in [1.54, 1.807) is 0 Å². The number of furan rings is 1. The van der Waals surface area contributed by atoms with Crippen LogP contribution >= 0.6 is 0 Å². The summed E-state index contributed by atoms with van der Waals surface area (Å²) in [6.45, 7) is 0. The lowest BCUT2D eigenvalue weighted by atomic mass is 9.87. The van der Waals surface area contributed by atoms with E-state index in [-0.39, 0.29) is 0 Å². The van der Waals surface area contributed by atoms with Gasteiger partial charge in [0.05, 0.1) is 0 Å². The summed E-state index contributed by atoms with van der Waals surface area (Å²) in [5.74, 6) is 3.10. The third-order valence-corrected chi connectivity index (χ3v) is 11.6. The van der Waals surface area contributed by atoms with Gasteiger partial charge >= 0.3 is 0 Å². The van der Waals surface area contributed by atoms with Gasteiger partial charge < -0.3 is 4.42 Å². The quantitative estimate of drug-likeness (QED) is 0.180. The molecule has 1 unspecified atom stereocenters. The van der Waals surface area contributed by atoms with Crippen LogP contribution in [0.3, 0.4) is 0 Å². The molecule has 7 aromatic carbocycles. The molecule has 0 radical (unpaired) electrons. The molecule has 1 saturated carbocycles. The van der Waals surface area contributed by atoms with E-state index in [0.717, 1.165) is 60.9 Å². The minimum Gasteiger partial charge on any atom is -0.456 e. The van der Waals surface area contributed by atoms with Crippen molar-refractivity contribution in [3.05, 3.63) is 175 Å². The number of benzene rings is 7. The summed E-state index contributed by atoms with van der Waals surface area (Å²) in [6.07, 6.45) is 3.72. The lowest BCUT2D eigenvalue weighted by molar-refractivity contribution is 0.669. The monoisotopic (exact) mass is 693 g/mol. The van der Waals surface area contributed by atoms with E-state index in [1.165, 1.54) is 41.5 Å². The van der Waals surface area contributed by atoms with Crippen LogP contribution in [0.25, 0.3) is 89.5 Å². The van der Waals surface area contributed by atoms with Crippen molar-refractivity contribution >= 4 is 21.9 Å². The first kappa shape index (κ1) is 30.9. The zero-order chi connectivity index (χ0) is 35.6. The van der Waals surface area contributed by atoms with Crippen molar-refractivity contribution in [2.75, 3.05) is 0 Å². The van der Waals surface area contributed by atoms with Crippen molar-refractivity contribution in [3.63, 3.8) is 0 Å². The highest BCUT2D eigenvalue weighted by atomic mass is 16.3. The molecule has 2 aliphatic carbocycles. The first-order valence-corrected chi connectivity index (χ1v) is 18.9.